The average molecular weight is 609 g/mol. The first-order valence-electron chi connectivity index (χ1n) is 13.7. The van der Waals surface area contributed by atoms with Crippen molar-refractivity contribution in [3.05, 3.63) is 89.7 Å². The van der Waals surface area contributed by atoms with Crippen molar-refractivity contribution < 1.29 is 22.7 Å². The van der Waals surface area contributed by atoms with Crippen LogP contribution in [0.1, 0.15) is 36.5 Å². The van der Waals surface area contributed by atoms with Gasteiger partial charge in [0.15, 0.2) is 11.0 Å². The van der Waals surface area contributed by atoms with Crippen molar-refractivity contribution in [3.63, 3.8) is 0 Å². The Bertz CT molecular complexity index is 1600. The van der Waals surface area contributed by atoms with Gasteiger partial charge in [0.25, 0.3) is 0 Å². The second-order valence-electron chi connectivity index (χ2n) is 10.3. The van der Waals surface area contributed by atoms with Crippen LogP contribution in [0.15, 0.2) is 78.0 Å². The summed E-state index contributed by atoms with van der Waals surface area (Å²) >= 11 is 1.58. The van der Waals surface area contributed by atoms with Crippen molar-refractivity contribution in [2.75, 3.05) is 17.2 Å². The molecule has 3 aromatic carbocycles. The Hall–Kier alpha value is -4.32. The molecule has 1 aliphatic rings. The number of thioether (sulfide) groups is 1. The fourth-order valence-electron chi connectivity index (χ4n) is 4.92. The van der Waals surface area contributed by atoms with E-state index in [-0.39, 0.29) is 23.7 Å². The van der Waals surface area contributed by atoms with E-state index >= 15 is 0 Å². The van der Waals surface area contributed by atoms with Crippen LogP contribution < -0.4 is 15.0 Å². The van der Waals surface area contributed by atoms with Crippen LogP contribution in [0.2, 0.25) is 0 Å². The van der Waals surface area contributed by atoms with Gasteiger partial charge in [-0.3, -0.25) is 0 Å². The van der Waals surface area contributed by atoms with E-state index in [1.807, 2.05) is 44.2 Å². The Labute approximate surface area is 252 Å². The number of benzene rings is 3. The molecule has 2 amide bonds. The fraction of sp³-hybridized carbons (Fsp3) is 0.290. The molecule has 224 valence electrons. The molecular weight excluding hydrogens is 577 g/mol. The lowest BCUT2D eigenvalue weighted by Gasteiger charge is -2.23. The molecule has 1 N–H and O–H groups in total. The summed E-state index contributed by atoms with van der Waals surface area (Å²) in [5.41, 5.74) is 5.75. The van der Waals surface area contributed by atoms with E-state index in [4.69, 9.17) is 0 Å². The van der Waals surface area contributed by atoms with Crippen LogP contribution in [0.3, 0.4) is 0 Å². The smallest absolute Gasteiger partial charge is 0.406 e. The zero-order valence-corrected chi connectivity index (χ0v) is 24.9. The minimum Gasteiger partial charge on any atom is -0.406 e. The molecule has 2 heterocycles. The van der Waals surface area contributed by atoms with Gasteiger partial charge in [-0.15, -0.1) is 18.3 Å². The van der Waals surface area contributed by atoms with Gasteiger partial charge in [0.2, 0.25) is 0 Å². The topological polar surface area (TPSA) is 84.6 Å². The standard InChI is InChI=1S/C31H31F3N6O2S/c1-19-6-5-7-20(2)27(19)39-16-17-43-30(39)37-29(41)36-22(4)21(3)23-8-10-24(11-9-23)28-35-18-40(38-28)25-12-14-26(15-13-25)42-31(32,33)34/h5-15,18,21-22H,16-17H2,1-4H3,(H,36,41)/b37-30-. The van der Waals surface area contributed by atoms with E-state index in [0.717, 1.165) is 40.2 Å². The molecule has 1 aliphatic heterocycles. The molecule has 0 spiro atoms. The van der Waals surface area contributed by atoms with Gasteiger partial charge in [0.1, 0.15) is 12.1 Å². The van der Waals surface area contributed by atoms with Crippen LogP contribution in [0.4, 0.5) is 23.7 Å². The number of amidine groups is 1. The van der Waals surface area contributed by atoms with E-state index in [0.29, 0.717) is 16.7 Å². The molecule has 4 aromatic rings. The number of nitrogens with zero attached hydrogens (tertiary/aromatic N) is 5. The molecule has 1 fully saturated rings. The number of anilines is 1. The number of aromatic nitrogens is 3. The highest BCUT2D eigenvalue weighted by Gasteiger charge is 2.31. The molecule has 0 aliphatic carbocycles. The molecular formula is C31H31F3N6O2S. The van der Waals surface area contributed by atoms with Gasteiger partial charge >= 0.3 is 12.4 Å². The third-order valence-corrected chi connectivity index (χ3v) is 8.26. The van der Waals surface area contributed by atoms with E-state index in [1.54, 1.807) is 11.8 Å². The van der Waals surface area contributed by atoms with Crippen LogP contribution in [0.5, 0.6) is 5.75 Å². The predicted octanol–water partition coefficient (Wildman–Crippen LogP) is 7.26. The zero-order chi connectivity index (χ0) is 30.7. The highest BCUT2D eigenvalue weighted by atomic mass is 32.2. The average Bonchev–Trinajstić information content (AvgIpc) is 3.63. The molecule has 8 nitrogen and oxygen atoms in total. The number of para-hydroxylation sites is 1. The third kappa shape index (κ3) is 7.19. The van der Waals surface area contributed by atoms with Crippen molar-refractivity contribution in [1.82, 2.24) is 20.1 Å². The number of nitrogens with one attached hydrogen (secondary N) is 1. The maximum Gasteiger partial charge on any atom is 0.573 e. The maximum absolute atomic E-state index is 12.9. The molecule has 5 rings (SSSR count). The number of aryl methyl sites for hydroxylation is 2. The van der Waals surface area contributed by atoms with Crippen molar-refractivity contribution in [3.8, 4) is 22.8 Å². The van der Waals surface area contributed by atoms with Crippen molar-refractivity contribution in [1.29, 1.82) is 0 Å². The number of ether oxygens (including phenoxy) is 1. The Morgan fingerprint density at radius 2 is 1.70 bits per heavy atom. The van der Waals surface area contributed by atoms with Crippen LogP contribution in [0, 0.1) is 13.8 Å². The number of hydrogen-bond acceptors (Lipinski definition) is 5. The number of aliphatic imine (C=N–C) groups is 1. The number of rotatable bonds is 7. The summed E-state index contributed by atoms with van der Waals surface area (Å²) in [4.78, 5) is 23.8. The number of amides is 2. The number of carbonyl (C=O) groups is 1. The summed E-state index contributed by atoms with van der Waals surface area (Å²) < 4.78 is 42.7. The maximum atomic E-state index is 12.9. The molecule has 1 aromatic heterocycles. The molecule has 1 saturated heterocycles. The molecule has 2 atom stereocenters. The van der Waals surface area contributed by atoms with Gasteiger partial charge in [0, 0.05) is 35.5 Å². The van der Waals surface area contributed by atoms with Gasteiger partial charge in [0.05, 0.1) is 5.69 Å². The molecule has 2 unspecified atom stereocenters. The number of alkyl halides is 3. The Balaban J connectivity index is 1.21. The van der Waals surface area contributed by atoms with Crippen LogP contribution >= 0.6 is 11.8 Å². The van der Waals surface area contributed by atoms with E-state index in [1.165, 1.54) is 35.3 Å². The molecule has 43 heavy (non-hydrogen) atoms. The Kier molecular flexibility index (Phi) is 8.77. The molecule has 0 radical (unpaired) electrons. The summed E-state index contributed by atoms with van der Waals surface area (Å²) in [7, 11) is 0. The second kappa shape index (κ2) is 12.5. The first-order chi connectivity index (χ1) is 20.5. The van der Waals surface area contributed by atoms with Gasteiger partial charge in [-0.1, -0.05) is 61.2 Å². The normalized spacial score (nSPS) is 15.9. The largest absolute Gasteiger partial charge is 0.573 e. The third-order valence-electron chi connectivity index (χ3n) is 7.31. The van der Waals surface area contributed by atoms with Crippen molar-refractivity contribution in [2.45, 2.75) is 46.0 Å². The predicted molar refractivity (Wildman–Crippen MR) is 163 cm³/mol. The second-order valence-corrected chi connectivity index (χ2v) is 11.4. The van der Waals surface area contributed by atoms with Crippen LogP contribution in [0.25, 0.3) is 17.1 Å². The van der Waals surface area contributed by atoms with E-state index in [9.17, 15) is 18.0 Å². The summed E-state index contributed by atoms with van der Waals surface area (Å²) in [5, 5.41) is 8.19. The minimum atomic E-state index is -4.75. The zero-order valence-electron chi connectivity index (χ0n) is 24.1. The molecule has 0 bridgehead atoms. The minimum absolute atomic E-state index is 0.00657. The van der Waals surface area contributed by atoms with E-state index < -0.39 is 6.36 Å². The number of hydrogen-bond donors (Lipinski definition) is 1. The van der Waals surface area contributed by atoms with Gasteiger partial charge in [-0.05, 0) is 61.7 Å². The first-order valence-corrected chi connectivity index (χ1v) is 14.7. The van der Waals surface area contributed by atoms with Crippen molar-refractivity contribution in [2.24, 2.45) is 4.99 Å². The molecule has 0 saturated carbocycles. The fourth-order valence-corrected chi connectivity index (χ4v) is 5.86. The quantitative estimate of drug-likeness (QED) is 0.238. The van der Waals surface area contributed by atoms with Crippen molar-refractivity contribution >= 4 is 28.6 Å². The highest BCUT2D eigenvalue weighted by Crippen LogP contribution is 2.31. The number of carbonyl (C=O) groups excluding carboxylic acids is 1. The lowest BCUT2D eigenvalue weighted by molar-refractivity contribution is -0.274. The summed E-state index contributed by atoms with van der Waals surface area (Å²) in [6.45, 7) is 8.93. The number of halogens is 3. The van der Waals surface area contributed by atoms with Crippen LogP contribution in [-0.4, -0.2) is 50.7 Å². The SMILES string of the molecule is Cc1cccc(C)c1N1CCS/C1=N\C(=O)NC(C)C(C)c1ccc(-c2ncn(-c3ccc(OC(F)(F)F)cc3)n2)cc1. The number of urea groups is 1. The lowest BCUT2D eigenvalue weighted by atomic mass is 9.93. The Morgan fingerprint density at radius 1 is 1.02 bits per heavy atom. The summed E-state index contributed by atoms with van der Waals surface area (Å²) in [6, 6.07) is 18.7. The van der Waals surface area contributed by atoms with Gasteiger partial charge < -0.3 is 15.0 Å². The van der Waals surface area contributed by atoms with Gasteiger partial charge in [-0.2, -0.15) is 4.99 Å². The highest BCUT2D eigenvalue weighted by molar-refractivity contribution is 8.14. The molecule has 12 heteroatoms. The summed E-state index contributed by atoms with van der Waals surface area (Å²) in [6.07, 6.45) is -3.25. The van der Waals surface area contributed by atoms with E-state index in [2.05, 4.69) is 56.0 Å². The monoisotopic (exact) mass is 608 g/mol. The Morgan fingerprint density at radius 3 is 2.35 bits per heavy atom. The van der Waals surface area contributed by atoms with Crippen LogP contribution in [-0.2, 0) is 0 Å². The van der Waals surface area contributed by atoms with Gasteiger partial charge in [-0.25, -0.2) is 14.5 Å². The first kappa shape index (κ1) is 30.1. The summed E-state index contributed by atoms with van der Waals surface area (Å²) in [5.74, 6) is 1.03. The lowest BCUT2D eigenvalue weighted by Crippen LogP contribution is -2.36.